The van der Waals surface area contributed by atoms with E-state index in [1.807, 2.05) is 22.6 Å². The van der Waals surface area contributed by atoms with E-state index in [0.29, 0.717) is 5.56 Å². The molecule has 0 aliphatic rings. The lowest BCUT2D eigenvalue weighted by molar-refractivity contribution is 0.0953. The van der Waals surface area contributed by atoms with Crippen LogP contribution in [0.2, 0.25) is 0 Å². The van der Waals surface area contributed by atoms with Crippen LogP contribution in [0.15, 0.2) is 48.9 Å². The molecule has 0 aliphatic heterocycles. The van der Waals surface area contributed by atoms with Crippen LogP contribution in [0.4, 0.5) is 0 Å². The summed E-state index contributed by atoms with van der Waals surface area (Å²) in [7, 11) is 0. The standard InChI is InChI=1S/C13H11N5O/c14-17-13(19)9-4-5-12-16-7-11(18(12)8-9)10-3-1-2-6-15-10/h1-8H,14H2,(H,17,19). The van der Waals surface area contributed by atoms with Crippen molar-refractivity contribution in [2.24, 2.45) is 5.84 Å². The molecule has 6 heteroatoms. The molecule has 0 radical (unpaired) electrons. The van der Waals surface area contributed by atoms with Crippen molar-refractivity contribution in [2.45, 2.75) is 0 Å². The molecule has 19 heavy (non-hydrogen) atoms. The number of hydrogen-bond donors (Lipinski definition) is 2. The number of carbonyl (C=O) groups is 1. The number of nitrogen functional groups attached to an aromatic ring is 1. The molecule has 0 atom stereocenters. The SMILES string of the molecule is NNC(=O)c1ccc2ncc(-c3ccccn3)n2c1. The molecule has 0 aliphatic carbocycles. The summed E-state index contributed by atoms with van der Waals surface area (Å²) in [5, 5.41) is 0. The average Bonchev–Trinajstić information content (AvgIpc) is 2.90. The largest absolute Gasteiger partial charge is 0.297 e. The van der Waals surface area contributed by atoms with E-state index in [9.17, 15) is 4.79 Å². The molecule has 0 saturated carbocycles. The zero-order valence-electron chi connectivity index (χ0n) is 9.95. The van der Waals surface area contributed by atoms with Gasteiger partial charge in [-0.1, -0.05) is 6.07 Å². The van der Waals surface area contributed by atoms with Crippen LogP contribution < -0.4 is 11.3 Å². The zero-order chi connectivity index (χ0) is 13.2. The Balaban J connectivity index is 2.19. The third kappa shape index (κ3) is 1.94. The Bertz CT molecular complexity index is 735. The number of hydrazine groups is 1. The number of amides is 1. The van der Waals surface area contributed by atoms with E-state index in [2.05, 4.69) is 15.4 Å². The molecule has 0 bridgehead atoms. The van der Waals surface area contributed by atoms with Crippen molar-refractivity contribution in [1.82, 2.24) is 19.8 Å². The van der Waals surface area contributed by atoms with Crippen molar-refractivity contribution in [2.75, 3.05) is 0 Å². The maximum atomic E-state index is 11.5. The molecule has 1 amide bonds. The van der Waals surface area contributed by atoms with Crippen LogP contribution in [-0.2, 0) is 0 Å². The van der Waals surface area contributed by atoms with E-state index in [4.69, 9.17) is 5.84 Å². The van der Waals surface area contributed by atoms with Gasteiger partial charge in [0.2, 0.25) is 0 Å². The molecule has 3 N–H and O–H groups in total. The van der Waals surface area contributed by atoms with Crippen LogP contribution in [-0.4, -0.2) is 20.3 Å². The number of fused-ring (bicyclic) bond motifs is 1. The van der Waals surface area contributed by atoms with Crippen molar-refractivity contribution in [3.05, 3.63) is 54.5 Å². The average molecular weight is 253 g/mol. The first-order valence-electron chi connectivity index (χ1n) is 5.69. The van der Waals surface area contributed by atoms with Gasteiger partial charge in [-0.05, 0) is 24.3 Å². The fraction of sp³-hybridized carbons (Fsp3) is 0. The van der Waals surface area contributed by atoms with Crippen LogP contribution in [0.1, 0.15) is 10.4 Å². The van der Waals surface area contributed by atoms with E-state index >= 15 is 0 Å². The number of imidazole rings is 1. The molecule has 0 aromatic carbocycles. The predicted octanol–water partition coefficient (Wildman–Crippen LogP) is 1.000. The molecule has 6 nitrogen and oxygen atoms in total. The van der Waals surface area contributed by atoms with E-state index in [-0.39, 0.29) is 5.91 Å². The highest BCUT2D eigenvalue weighted by Gasteiger charge is 2.09. The molecular formula is C13H11N5O. The second-order valence-corrected chi connectivity index (χ2v) is 3.98. The van der Waals surface area contributed by atoms with Gasteiger partial charge >= 0.3 is 0 Å². The molecule has 94 valence electrons. The zero-order valence-corrected chi connectivity index (χ0v) is 9.95. The third-order valence-corrected chi connectivity index (χ3v) is 2.83. The van der Waals surface area contributed by atoms with Gasteiger partial charge in [0.1, 0.15) is 5.65 Å². The smallest absolute Gasteiger partial charge is 0.266 e. The summed E-state index contributed by atoms with van der Waals surface area (Å²) in [6, 6.07) is 9.07. The molecule has 0 fully saturated rings. The monoisotopic (exact) mass is 253 g/mol. The molecule has 0 unspecified atom stereocenters. The van der Waals surface area contributed by atoms with Gasteiger partial charge in [0.25, 0.3) is 5.91 Å². The summed E-state index contributed by atoms with van der Waals surface area (Å²) in [5.74, 6) is 4.79. The topological polar surface area (TPSA) is 85.3 Å². The summed E-state index contributed by atoms with van der Waals surface area (Å²) in [5.41, 5.74) is 4.93. The van der Waals surface area contributed by atoms with Gasteiger partial charge in [-0.25, -0.2) is 10.8 Å². The quantitative estimate of drug-likeness (QED) is 0.405. The van der Waals surface area contributed by atoms with Gasteiger partial charge < -0.3 is 0 Å². The van der Waals surface area contributed by atoms with Gasteiger partial charge in [0.15, 0.2) is 0 Å². The summed E-state index contributed by atoms with van der Waals surface area (Å²) in [6.45, 7) is 0. The number of hydrogen-bond acceptors (Lipinski definition) is 4. The number of rotatable bonds is 2. The van der Waals surface area contributed by atoms with Crippen molar-refractivity contribution >= 4 is 11.6 Å². The Morgan fingerprint density at radius 3 is 2.84 bits per heavy atom. The minimum atomic E-state index is -0.345. The Kier molecular flexibility index (Phi) is 2.70. The van der Waals surface area contributed by atoms with Crippen molar-refractivity contribution in [3.63, 3.8) is 0 Å². The summed E-state index contributed by atoms with van der Waals surface area (Å²) >= 11 is 0. The van der Waals surface area contributed by atoms with Crippen LogP contribution >= 0.6 is 0 Å². The third-order valence-electron chi connectivity index (χ3n) is 2.83. The van der Waals surface area contributed by atoms with Crippen LogP contribution in [0.5, 0.6) is 0 Å². The van der Waals surface area contributed by atoms with Crippen LogP contribution in [0.25, 0.3) is 17.0 Å². The van der Waals surface area contributed by atoms with Gasteiger partial charge in [-0.3, -0.25) is 19.6 Å². The number of nitrogens with two attached hydrogens (primary N) is 1. The van der Waals surface area contributed by atoms with E-state index in [1.165, 1.54) is 0 Å². The first-order valence-corrected chi connectivity index (χ1v) is 5.69. The summed E-state index contributed by atoms with van der Waals surface area (Å²) in [4.78, 5) is 20.1. The lowest BCUT2D eigenvalue weighted by Gasteiger charge is -2.04. The minimum Gasteiger partial charge on any atom is -0.297 e. The second kappa shape index (κ2) is 4.51. The number of nitrogens with zero attached hydrogens (tertiary/aromatic N) is 3. The highest BCUT2D eigenvalue weighted by atomic mass is 16.2. The van der Waals surface area contributed by atoms with Crippen LogP contribution in [0, 0.1) is 0 Å². The number of carbonyl (C=O) groups excluding carboxylic acids is 1. The van der Waals surface area contributed by atoms with Gasteiger partial charge in [0.05, 0.1) is 23.1 Å². The summed E-state index contributed by atoms with van der Waals surface area (Å²) in [6.07, 6.45) is 5.13. The van der Waals surface area contributed by atoms with Crippen molar-refractivity contribution in [1.29, 1.82) is 0 Å². The van der Waals surface area contributed by atoms with E-state index in [0.717, 1.165) is 17.0 Å². The normalized spacial score (nSPS) is 10.6. The lowest BCUT2D eigenvalue weighted by Crippen LogP contribution is -2.30. The minimum absolute atomic E-state index is 0.345. The Morgan fingerprint density at radius 2 is 2.11 bits per heavy atom. The molecule has 0 spiro atoms. The number of aromatic nitrogens is 3. The summed E-state index contributed by atoms with van der Waals surface area (Å²) < 4.78 is 1.81. The Hall–Kier alpha value is -2.73. The molecule has 3 aromatic rings. The fourth-order valence-electron chi connectivity index (χ4n) is 1.90. The molecule has 0 saturated heterocycles. The van der Waals surface area contributed by atoms with Gasteiger partial charge in [0, 0.05) is 12.4 Å². The van der Waals surface area contributed by atoms with Gasteiger partial charge in [-0.2, -0.15) is 0 Å². The molecule has 3 heterocycles. The van der Waals surface area contributed by atoms with Gasteiger partial charge in [-0.15, -0.1) is 0 Å². The number of nitrogens with one attached hydrogen (secondary N) is 1. The predicted molar refractivity (Wildman–Crippen MR) is 70.1 cm³/mol. The molecule has 3 aromatic heterocycles. The highest BCUT2D eigenvalue weighted by molar-refractivity contribution is 5.93. The first kappa shape index (κ1) is 11.4. The lowest BCUT2D eigenvalue weighted by atomic mass is 10.2. The maximum Gasteiger partial charge on any atom is 0.266 e. The van der Waals surface area contributed by atoms with Crippen molar-refractivity contribution < 1.29 is 4.79 Å². The fourth-order valence-corrected chi connectivity index (χ4v) is 1.90. The second-order valence-electron chi connectivity index (χ2n) is 3.98. The Labute approximate surface area is 108 Å². The van der Waals surface area contributed by atoms with E-state index < -0.39 is 0 Å². The Morgan fingerprint density at radius 1 is 1.21 bits per heavy atom. The highest BCUT2D eigenvalue weighted by Crippen LogP contribution is 2.18. The number of pyridine rings is 2. The molecule has 3 rings (SSSR count). The van der Waals surface area contributed by atoms with E-state index in [1.54, 1.807) is 30.7 Å². The van der Waals surface area contributed by atoms with Crippen LogP contribution in [0.3, 0.4) is 0 Å². The molecular weight excluding hydrogens is 242 g/mol. The first-order chi connectivity index (χ1) is 9.29. The maximum absolute atomic E-state index is 11.5. The van der Waals surface area contributed by atoms with Crippen molar-refractivity contribution in [3.8, 4) is 11.4 Å².